The summed E-state index contributed by atoms with van der Waals surface area (Å²) in [6, 6.07) is 5.18. The Morgan fingerprint density at radius 2 is 1.88 bits per heavy atom. The predicted molar refractivity (Wildman–Crippen MR) is 72.0 cm³/mol. The highest BCUT2D eigenvalue weighted by atomic mass is 35.5. The van der Waals surface area contributed by atoms with E-state index in [-0.39, 0.29) is 11.2 Å². The zero-order valence-corrected chi connectivity index (χ0v) is 11.4. The van der Waals surface area contributed by atoms with Crippen LogP contribution in [0.1, 0.15) is 49.4 Å². The van der Waals surface area contributed by atoms with Gasteiger partial charge in [-0.25, -0.2) is 0 Å². The third-order valence-corrected chi connectivity index (χ3v) is 4.64. The smallest absolute Gasteiger partial charge is 0.169 e. The van der Waals surface area contributed by atoms with Crippen LogP contribution in [-0.2, 0) is 0 Å². The Morgan fingerprint density at radius 3 is 2.41 bits per heavy atom. The van der Waals surface area contributed by atoms with Crippen molar-refractivity contribution in [3.8, 4) is 0 Å². The molecule has 0 saturated heterocycles. The first-order chi connectivity index (χ1) is 8.09. The maximum atomic E-state index is 12.6. The number of carbonyl (C=O) groups excluding carboxylic acids is 1. The fourth-order valence-corrected chi connectivity index (χ4v) is 3.03. The Labute approximate surface area is 112 Å². The van der Waals surface area contributed by atoms with E-state index in [1.165, 1.54) is 0 Å². The van der Waals surface area contributed by atoms with Gasteiger partial charge in [0.15, 0.2) is 5.78 Å². The van der Waals surface area contributed by atoms with Gasteiger partial charge < -0.3 is 0 Å². The SMILES string of the molecule is CCC1(C(=O)c2ccc(Cl)c(Cl)c2)CCCC1. The highest BCUT2D eigenvalue weighted by Crippen LogP contribution is 2.43. The minimum atomic E-state index is -0.156. The zero-order chi connectivity index (χ0) is 12.5. The summed E-state index contributed by atoms with van der Waals surface area (Å²) < 4.78 is 0. The summed E-state index contributed by atoms with van der Waals surface area (Å²) in [5.74, 6) is 0.232. The van der Waals surface area contributed by atoms with Crippen molar-refractivity contribution in [3.63, 3.8) is 0 Å². The Hall–Kier alpha value is -0.530. The first-order valence-corrected chi connectivity index (χ1v) is 6.84. The van der Waals surface area contributed by atoms with Gasteiger partial charge in [0.25, 0.3) is 0 Å². The summed E-state index contributed by atoms with van der Waals surface area (Å²) >= 11 is 11.8. The molecule has 1 aliphatic rings. The van der Waals surface area contributed by atoms with Gasteiger partial charge in [-0.05, 0) is 37.5 Å². The zero-order valence-electron chi connectivity index (χ0n) is 9.93. The van der Waals surface area contributed by atoms with Crippen LogP contribution in [0.4, 0.5) is 0 Å². The summed E-state index contributed by atoms with van der Waals surface area (Å²) in [6.45, 7) is 2.10. The molecule has 0 atom stereocenters. The van der Waals surface area contributed by atoms with Crippen molar-refractivity contribution >= 4 is 29.0 Å². The van der Waals surface area contributed by atoms with E-state index in [0.29, 0.717) is 15.6 Å². The Kier molecular flexibility index (Phi) is 3.79. The van der Waals surface area contributed by atoms with Crippen LogP contribution in [0.3, 0.4) is 0 Å². The van der Waals surface area contributed by atoms with Gasteiger partial charge in [-0.1, -0.05) is 43.0 Å². The Bertz CT molecular complexity index is 434. The van der Waals surface area contributed by atoms with Crippen molar-refractivity contribution in [1.29, 1.82) is 0 Å². The molecule has 1 saturated carbocycles. The maximum Gasteiger partial charge on any atom is 0.169 e. The second-order valence-electron chi connectivity index (χ2n) is 4.80. The van der Waals surface area contributed by atoms with Crippen molar-refractivity contribution in [2.75, 3.05) is 0 Å². The first-order valence-electron chi connectivity index (χ1n) is 6.09. The molecule has 1 aliphatic carbocycles. The lowest BCUT2D eigenvalue weighted by Crippen LogP contribution is -2.27. The molecule has 17 heavy (non-hydrogen) atoms. The van der Waals surface area contributed by atoms with Gasteiger partial charge in [0.2, 0.25) is 0 Å². The molecule has 0 amide bonds. The number of halogens is 2. The van der Waals surface area contributed by atoms with E-state index < -0.39 is 0 Å². The average Bonchev–Trinajstić information content (AvgIpc) is 2.81. The van der Waals surface area contributed by atoms with Crippen molar-refractivity contribution in [3.05, 3.63) is 33.8 Å². The van der Waals surface area contributed by atoms with Gasteiger partial charge in [-0.2, -0.15) is 0 Å². The Morgan fingerprint density at radius 1 is 1.24 bits per heavy atom. The molecule has 0 aliphatic heterocycles. The van der Waals surface area contributed by atoms with E-state index >= 15 is 0 Å². The second kappa shape index (κ2) is 4.99. The number of hydrogen-bond donors (Lipinski definition) is 0. The third kappa shape index (κ3) is 2.36. The quantitative estimate of drug-likeness (QED) is 0.695. The van der Waals surface area contributed by atoms with Crippen molar-refractivity contribution in [1.82, 2.24) is 0 Å². The maximum absolute atomic E-state index is 12.6. The van der Waals surface area contributed by atoms with Crippen LogP contribution in [-0.4, -0.2) is 5.78 Å². The van der Waals surface area contributed by atoms with Crippen LogP contribution in [0.5, 0.6) is 0 Å². The fraction of sp³-hybridized carbons (Fsp3) is 0.500. The lowest BCUT2D eigenvalue weighted by molar-refractivity contribution is 0.0791. The highest BCUT2D eigenvalue weighted by Gasteiger charge is 2.39. The van der Waals surface area contributed by atoms with Gasteiger partial charge in [-0.3, -0.25) is 4.79 Å². The normalized spacial score (nSPS) is 18.3. The predicted octanol–water partition coefficient (Wildman–Crippen LogP) is 5.15. The van der Waals surface area contributed by atoms with Crippen LogP contribution < -0.4 is 0 Å². The van der Waals surface area contributed by atoms with E-state index in [1.54, 1.807) is 18.2 Å². The van der Waals surface area contributed by atoms with Gasteiger partial charge in [0, 0.05) is 11.0 Å². The van der Waals surface area contributed by atoms with E-state index in [4.69, 9.17) is 23.2 Å². The van der Waals surface area contributed by atoms with Crippen molar-refractivity contribution < 1.29 is 4.79 Å². The Balaban J connectivity index is 2.32. The molecular formula is C14H16Cl2O. The molecule has 92 valence electrons. The van der Waals surface area contributed by atoms with E-state index in [2.05, 4.69) is 6.92 Å². The number of hydrogen-bond acceptors (Lipinski definition) is 1. The summed E-state index contributed by atoms with van der Waals surface area (Å²) in [4.78, 5) is 12.6. The molecular weight excluding hydrogens is 255 g/mol. The van der Waals surface area contributed by atoms with Gasteiger partial charge >= 0.3 is 0 Å². The molecule has 0 N–H and O–H groups in total. The molecule has 0 heterocycles. The number of ketones is 1. The summed E-state index contributed by atoms with van der Waals surface area (Å²) in [5.41, 5.74) is 0.542. The molecule has 1 aromatic carbocycles. The molecule has 0 bridgehead atoms. The lowest BCUT2D eigenvalue weighted by atomic mass is 9.76. The molecule has 3 heteroatoms. The van der Waals surface area contributed by atoms with Crippen LogP contribution in [0.2, 0.25) is 10.0 Å². The molecule has 1 fully saturated rings. The highest BCUT2D eigenvalue weighted by molar-refractivity contribution is 6.42. The van der Waals surface area contributed by atoms with E-state index in [1.807, 2.05) is 0 Å². The average molecular weight is 271 g/mol. The third-order valence-electron chi connectivity index (χ3n) is 3.90. The van der Waals surface area contributed by atoms with Gasteiger partial charge in [0.1, 0.15) is 0 Å². The summed E-state index contributed by atoms with van der Waals surface area (Å²) in [6.07, 6.45) is 5.22. The lowest BCUT2D eigenvalue weighted by Gasteiger charge is -2.25. The largest absolute Gasteiger partial charge is 0.294 e. The molecule has 0 radical (unpaired) electrons. The minimum Gasteiger partial charge on any atom is -0.294 e. The van der Waals surface area contributed by atoms with Crippen LogP contribution in [0.15, 0.2) is 18.2 Å². The molecule has 1 nitrogen and oxygen atoms in total. The number of benzene rings is 1. The second-order valence-corrected chi connectivity index (χ2v) is 5.61. The standard InChI is InChI=1S/C14H16Cl2O/c1-2-14(7-3-4-8-14)13(17)10-5-6-11(15)12(16)9-10/h5-6,9H,2-4,7-8H2,1H3. The number of Topliss-reactive ketones (excluding diaryl/α,β-unsaturated/α-hetero) is 1. The van der Waals surface area contributed by atoms with Crippen molar-refractivity contribution in [2.45, 2.75) is 39.0 Å². The molecule has 0 unspecified atom stereocenters. The molecule has 0 aromatic heterocycles. The van der Waals surface area contributed by atoms with Gasteiger partial charge in [0.05, 0.1) is 10.0 Å². The molecule has 1 aromatic rings. The fourth-order valence-electron chi connectivity index (χ4n) is 2.74. The summed E-state index contributed by atoms with van der Waals surface area (Å²) in [5, 5.41) is 0.960. The van der Waals surface area contributed by atoms with Crippen LogP contribution in [0, 0.1) is 5.41 Å². The molecule has 0 spiro atoms. The van der Waals surface area contributed by atoms with Crippen LogP contribution in [0.25, 0.3) is 0 Å². The number of carbonyl (C=O) groups is 1. The number of rotatable bonds is 3. The van der Waals surface area contributed by atoms with E-state index in [0.717, 1.165) is 32.1 Å². The van der Waals surface area contributed by atoms with Crippen LogP contribution >= 0.6 is 23.2 Å². The first kappa shape index (κ1) is 12.9. The van der Waals surface area contributed by atoms with Gasteiger partial charge in [-0.15, -0.1) is 0 Å². The monoisotopic (exact) mass is 270 g/mol. The topological polar surface area (TPSA) is 17.1 Å². The van der Waals surface area contributed by atoms with E-state index in [9.17, 15) is 4.79 Å². The minimum absolute atomic E-state index is 0.156. The van der Waals surface area contributed by atoms with Crippen molar-refractivity contribution in [2.24, 2.45) is 5.41 Å². The summed E-state index contributed by atoms with van der Waals surface area (Å²) in [7, 11) is 0. The molecule has 2 rings (SSSR count).